The summed E-state index contributed by atoms with van der Waals surface area (Å²) >= 11 is 0. The van der Waals surface area contributed by atoms with Gasteiger partial charge in [-0.15, -0.1) is 0 Å². The number of nitrogens with one attached hydrogen (secondary N) is 2. The number of amidine groups is 1. The van der Waals surface area contributed by atoms with E-state index >= 15 is 0 Å². The van der Waals surface area contributed by atoms with Crippen LogP contribution in [-0.4, -0.2) is 54.0 Å². The molecule has 2 aliphatic rings. The molecule has 1 spiro atoms. The highest BCUT2D eigenvalue weighted by atomic mass is 16.5. The van der Waals surface area contributed by atoms with E-state index < -0.39 is 0 Å². The van der Waals surface area contributed by atoms with Crippen LogP contribution >= 0.6 is 0 Å². The summed E-state index contributed by atoms with van der Waals surface area (Å²) in [5.41, 5.74) is 1.80. The van der Waals surface area contributed by atoms with Gasteiger partial charge in [0.1, 0.15) is 12.4 Å². The first-order valence-corrected chi connectivity index (χ1v) is 9.56. The first kappa shape index (κ1) is 18.4. The Kier molecular flexibility index (Phi) is 5.25. The molecule has 28 heavy (non-hydrogen) atoms. The number of aliphatic imine (C=N–C) groups is 1. The van der Waals surface area contributed by atoms with Crippen LogP contribution in [0.5, 0.6) is 0 Å². The maximum absolute atomic E-state index is 12.2. The van der Waals surface area contributed by atoms with E-state index in [1.807, 2.05) is 35.2 Å². The van der Waals surface area contributed by atoms with Crippen molar-refractivity contribution in [3.63, 3.8) is 0 Å². The highest BCUT2D eigenvalue weighted by Crippen LogP contribution is 2.36. The average Bonchev–Trinajstić information content (AvgIpc) is 2.73. The van der Waals surface area contributed by atoms with Gasteiger partial charge in [0.15, 0.2) is 5.82 Å². The number of pyridine rings is 1. The van der Waals surface area contributed by atoms with Crippen LogP contribution in [0.4, 0.5) is 11.5 Å². The molecule has 1 amide bonds. The Morgan fingerprint density at radius 3 is 2.75 bits per heavy atom. The molecule has 0 radical (unpaired) electrons. The molecule has 4 rings (SSSR count). The number of likely N-dealkylation sites (tertiary alicyclic amines) is 1. The van der Waals surface area contributed by atoms with Gasteiger partial charge in [-0.2, -0.15) is 0 Å². The van der Waals surface area contributed by atoms with Crippen LogP contribution in [-0.2, 0) is 16.1 Å². The molecule has 0 bridgehead atoms. The van der Waals surface area contributed by atoms with Crippen molar-refractivity contribution in [1.29, 1.82) is 0 Å². The van der Waals surface area contributed by atoms with Crippen molar-refractivity contribution in [2.45, 2.75) is 24.9 Å². The van der Waals surface area contributed by atoms with Gasteiger partial charge in [-0.3, -0.25) is 9.79 Å². The van der Waals surface area contributed by atoms with Crippen molar-refractivity contribution < 1.29 is 9.53 Å². The third-order valence-corrected chi connectivity index (χ3v) is 5.37. The Morgan fingerprint density at radius 2 is 2.00 bits per heavy atom. The van der Waals surface area contributed by atoms with E-state index in [-0.39, 0.29) is 18.1 Å². The van der Waals surface area contributed by atoms with E-state index in [2.05, 4.69) is 27.8 Å². The molecular weight excluding hydrogens is 354 g/mol. The smallest absolute Gasteiger partial charge is 0.248 e. The summed E-state index contributed by atoms with van der Waals surface area (Å²) < 4.78 is 5.00. The quantitative estimate of drug-likeness (QED) is 0.853. The lowest BCUT2D eigenvalue weighted by Crippen LogP contribution is -2.59. The number of ether oxygens (including phenoxy) is 1. The van der Waals surface area contributed by atoms with Gasteiger partial charge in [-0.1, -0.05) is 30.3 Å². The van der Waals surface area contributed by atoms with Gasteiger partial charge >= 0.3 is 0 Å². The molecule has 0 unspecified atom stereocenters. The standard InChI is InChI=1S/C21H25N5O2/c1-28-15-18(27)26-12-9-21(10-13-26)20(23-14-16-6-3-2-4-7-16)24-19-17(25-21)8-5-11-22-19/h2-8,11,25H,9-10,12-15H2,1H3,(H,22,23,24). The van der Waals surface area contributed by atoms with Crippen LogP contribution in [0.1, 0.15) is 18.4 Å². The molecule has 2 aliphatic heterocycles. The molecule has 2 N–H and O–H groups in total. The fourth-order valence-corrected chi connectivity index (χ4v) is 3.81. The lowest BCUT2D eigenvalue weighted by molar-refractivity contribution is -0.136. The number of carbonyl (C=O) groups excluding carboxylic acids is 1. The molecule has 1 aromatic carbocycles. The average molecular weight is 379 g/mol. The van der Waals surface area contributed by atoms with Gasteiger partial charge < -0.3 is 20.3 Å². The first-order valence-electron chi connectivity index (χ1n) is 9.56. The van der Waals surface area contributed by atoms with Crippen molar-refractivity contribution in [2.75, 3.05) is 37.4 Å². The van der Waals surface area contributed by atoms with Gasteiger partial charge in [0.25, 0.3) is 0 Å². The molecule has 146 valence electrons. The number of hydrogen-bond donors (Lipinski definition) is 2. The highest BCUT2D eigenvalue weighted by molar-refractivity contribution is 6.08. The molecule has 7 heteroatoms. The Balaban J connectivity index is 1.58. The highest BCUT2D eigenvalue weighted by Gasteiger charge is 2.43. The van der Waals surface area contributed by atoms with Crippen LogP contribution in [0.15, 0.2) is 53.7 Å². The van der Waals surface area contributed by atoms with E-state index in [0.29, 0.717) is 19.6 Å². The van der Waals surface area contributed by atoms with Gasteiger partial charge in [0.2, 0.25) is 5.91 Å². The summed E-state index contributed by atoms with van der Waals surface area (Å²) in [7, 11) is 1.55. The molecule has 3 heterocycles. The Bertz CT molecular complexity index is 860. The second-order valence-corrected chi connectivity index (χ2v) is 7.20. The number of hydrogen-bond acceptors (Lipinski definition) is 5. The minimum Gasteiger partial charge on any atom is -0.375 e. The lowest BCUT2D eigenvalue weighted by Gasteiger charge is -2.46. The van der Waals surface area contributed by atoms with Crippen LogP contribution in [0, 0.1) is 0 Å². The molecule has 7 nitrogen and oxygen atoms in total. The summed E-state index contributed by atoms with van der Waals surface area (Å²) in [5, 5.41) is 7.11. The number of piperidine rings is 1. The third kappa shape index (κ3) is 3.71. The second-order valence-electron chi connectivity index (χ2n) is 7.20. The largest absolute Gasteiger partial charge is 0.375 e. The van der Waals surface area contributed by atoms with Gasteiger partial charge in [-0.05, 0) is 30.5 Å². The van der Waals surface area contributed by atoms with Crippen molar-refractivity contribution in [2.24, 2.45) is 4.99 Å². The Morgan fingerprint density at radius 1 is 1.21 bits per heavy atom. The zero-order valence-corrected chi connectivity index (χ0v) is 16.0. The monoisotopic (exact) mass is 379 g/mol. The summed E-state index contributed by atoms with van der Waals surface area (Å²) in [6.45, 7) is 2.05. The van der Waals surface area contributed by atoms with Crippen molar-refractivity contribution in [3.05, 3.63) is 54.2 Å². The number of rotatable bonds is 4. The first-order chi connectivity index (χ1) is 13.7. The number of methoxy groups -OCH3 is 1. The molecular formula is C21H25N5O2. The molecule has 1 saturated heterocycles. The maximum Gasteiger partial charge on any atom is 0.248 e. The zero-order chi connectivity index (χ0) is 19.4. The Labute approximate surface area is 164 Å². The predicted molar refractivity (Wildman–Crippen MR) is 109 cm³/mol. The Hall–Kier alpha value is -2.93. The predicted octanol–water partition coefficient (Wildman–Crippen LogP) is 2.53. The van der Waals surface area contributed by atoms with Crippen LogP contribution in [0.25, 0.3) is 0 Å². The lowest BCUT2D eigenvalue weighted by atomic mass is 9.84. The fourth-order valence-electron chi connectivity index (χ4n) is 3.81. The molecule has 1 fully saturated rings. The van der Waals surface area contributed by atoms with Crippen molar-refractivity contribution >= 4 is 23.2 Å². The number of anilines is 2. The van der Waals surface area contributed by atoms with Crippen LogP contribution in [0.3, 0.4) is 0 Å². The molecule has 0 atom stereocenters. The second kappa shape index (κ2) is 7.98. The number of carbonyl (C=O) groups is 1. The topological polar surface area (TPSA) is 78.8 Å². The molecule has 1 aromatic heterocycles. The number of benzene rings is 1. The van der Waals surface area contributed by atoms with Gasteiger partial charge in [0.05, 0.1) is 17.8 Å². The van der Waals surface area contributed by atoms with Crippen molar-refractivity contribution in [3.8, 4) is 0 Å². The summed E-state index contributed by atoms with van der Waals surface area (Å²) in [4.78, 5) is 23.4. The fraction of sp³-hybridized carbons (Fsp3) is 0.381. The van der Waals surface area contributed by atoms with E-state index in [1.54, 1.807) is 13.3 Å². The summed E-state index contributed by atoms with van der Waals surface area (Å²) in [6.07, 6.45) is 3.32. The normalized spacial score (nSPS) is 19.0. The summed E-state index contributed by atoms with van der Waals surface area (Å²) in [6, 6.07) is 14.1. The van der Waals surface area contributed by atoms with E-state index in [1.165, 1.54) is 0 Å². The molecule has 0 aliphatic carbocycles. The number of aromatic nitrogens is 1. The van der Waals surface area contributed by atoms with E-state index in [0.717, 1.165) is 35.7 Å². The number of fused-ring (bicyclic) bond motifs is 1. The molecule has 0 saturated carbocycles. The SMILES string of the molecule is COCC(=O)N1CCC2(CC1)Nc1cccnc1NC2=NCc1ccccc1. The van der Waals surface area contributed by atoms with Crippen LogP contribution < -0.4 is 10.6 Å². The van der Waals surface area contributed by atoms with Crippen molar-refractivity contribution in [1.82, 2.24) is 9.88 Å². The van der Waals surface area contributed by atoms with Gasteiger partial charge in [-0.25, -0.2) is 4.98 Å². The maximum atomic E-state index is 12.2. The third-order valence-electron chi connectivity index (χ3n) is 5.37. The molecule has 2 aromatic rings. The minimum atomic E-state index is -0.325. The van der Waals surface area contributed by atoms with E-state index in [9.17, 15) is 4.79 Å². The zero-order valence-electron chi connectivity index (χ0n) is 16.0. The van der Waals surface area contributed by atoms with Crippen LogP contribution in [0.2, 0.25) is 0 Å². The van der Waals surface area contributed by atoms with Gasteiger partial charge in [0, 0.05) is 26.4 Å². The number of amides is 1. The number of nitrogens with zero attached hydrogens (tertiary/aromatic N) is 3. The minimum absolute atomic E-state index is 0.0333. The summed E-state index contributed by atoms with van der Waals surface area (Å²) in [5.74, 6) is 1.71. The van der Waals surface area contributed by atoms with E-state index in [4.69, 9.17) is 9.73 Å².